The molecule has 1 amide bonds. The normalized spacial score (nSPS) is 19.3. The Balaban J connectivity index is 2.26. The van der Waals surface area contributed by atoms with Crippen LogP contribution in [0.15, 0.2) is 23.0 Å². The Labute approximate surface area is 96.9 Å². The molecule has 1 aliphatic heterocycles. The third-order valence-electron chi connectivity index (χ3n) is 2.80. The second kappa shape index (κ2) is 4.40. The summed E-state index contributed by atoms with van der Waals surface area (Å²) >= 11 is 0. The lowest BCUT2D eigenvalue weighted by Gasteiger charge is -2.20. The summed E-state index contributed by atoms with van der Waals surface area (Å²) in [5, 5.41) is 8.97. The predicted octanol–water partition coefficient (Wildman–Crippen LogP) is 0.0641. The zero-order chi connectivity index (χ0) is 12.4. The van der Waals surface area contributed by atoms with Crippen LogP contribution in [0.3, 0.4) is 0 Å². The van der Waals surface area contributed by atoms with Crippen molar-refractivity contribution in [1.29, 1.82) is 0 Å². The molecule has 0 radical (unpaired) electrons. The Morgan fingerprint density at radius 2 is 2.18 bits per heavy atom. The van der Waals surface area contributed by atoms with Crippen LogP contribution < -0.4 is 5.56 Å². The SMILES string of the molecule is O=C(O)C1CCCN1C(=O)c1cccc(=O)[nH]1. The number of aromatic nitrogens is 1. The molecule has 1 aromatic rings. The number of hydrogen-bond acceptors (Lipinski definition) is 3. The number of nitrogens with one attached hydrogen (secondary N) is 1. The summed E-state index contributed by atoms with van der Waals surface area (Å²) in [4.78, 5) is 37.7. The highest BCUT2D eigenvalue weighted by molar-refractivity contribution is 5.95. The number of rotatable bonds is 2. The summed E-state index contributed by atoms with van der Waals surface area (Å²) in [5.41, 5.74) is -0.243. The first-order valence-electron chi connectivity index (χ1n) is 5.32. The Morgan fingerprint density at radius 3 is 2.82 bits per heavy atom. The molecule has 0 saturated carbocycles. The highest BCUT2D eigenvalue weighted by atomic mass is 16.4. The fourth-order valence-electron chi connectivity index (χ4n) is 1.99. The number of pyridine rings is 1. The van der Waals surface area contributed by atoms with Crippen molar-refractivity contribution in [3.8, 4) is 0 Å². The van der Waals surface area contributed by atoms with Gasteiger partial charge in [-0.1, -0.05) is 6.07 Å². The van der Waals surface area contributed by atoms with Crippen LogP contribution in [0, 0.1) is 0 Å². The van der Waals surface area contributed by atoms with Crippen molar-refractivity contribution in [2.75, 3.05) is 6.54 Å². The monoisotopic (exact) mass is 236 g/mol. The molecule has 0 aliphatic carbocycles. The van der Waals surface area contributed by atoms with E-state index >= 15 is 0 Å². The predicted molar refractivity (Wildman–Crippen MR) is 58.8 cm³/mol. The number of aromatic amines is 1. The third kappa shape index (κ3) is 2.20. The van der Waals surface area contributed by atoms with Gasteiger partial charge in [-0.2, -0.15) is 0 Å². The second-order valence-electron chi connectivity index (χ2n) is 3.92. The third-order valence-corrected chi connectivity index (χ3v) is 2.80. The fraction of sp³-hybridized carbons (Fsp3) is 0.364. The molecule has 0 bridgehead atoms. The smallest absolute Gasteiger partial charge is 0.326 e. The van der Waals surface area contributed by atoms with Crippen LogP contribution in [-0.2, 0) is 4.79 Å². The van der Waals surface area contributed by atoms with Gasteiger partial charge in [-0.05, 0) is 18.9 Å². The van der Waals surface area contributed by atoms with Gasteiger partial charge in [-0.15, -0.1) is 0 Å². The first-order chi connectivity index (χ1) is 8.09. The van der Waals surface area contributed by atoms with E-state index in [1.165, 1.54) is 23.1 Å². The summed E-state index contributed by atoms with van der Waals surface area (Å²) in [6, 6.07) is 3.46. The van der Waals surface area contributed by atoms with E-state index in [0.29, 0.717) is 19.4 Å². The molecule has 90 valence electrons. The van der Waals surface area contributed by atoms with Crippen LogP contribution in [0.5, 0.6) is 0 Å². The second-order valence-corrected chi connectivity index (χ2v) is 3.92. The van der Waals surface area contributed by atoms with Crippen LogP contribution in [0.4, 0.5) is 0 Å². The number of carbonyl (C=O) groups is 2. The molecule has 1 aromatic heterocycles. The Hall–Kier alpha value is -2.11. The van der Waals surface area contributed by atoms with Crippen molar-refractivity contribution in [3.63, 3.8) is 0 Å². The van der Waals surface area contributed by atoms with Crippen LogP contribution in [0.25, 0.3) is 0 Å². The molecule has 6 nitrogen and oxygen atoms in total. The molecule has 1 fully saturated rings. The van der Waals surface area contributed by atoms with Gasteiger partial charge in [0.05, 0.1) is 0 Å². The van der Waals surface area contributed by atoms with Gasteiger partial charge in [0, 0.05) is 12.6 Å². The van der Waals surface area contributed by atoms with Crippen LogP contribution in [0.2, 0.25) is 0 Å². The molecule has 1 atom stereocenters. The molecule has 6 heteroatoms. The summed E-state index contributed by atoms with van der Waals surface area (Å²) in [5.74, 6) is -1.44. The minimum Gasteiger partial charge on any atom is -0.480 e. The highest BCUT2D eigenvalue weighted by Gasteiger charge is 2.34. The maximum Gasteiger partial charge on any atom is 0.326 e. The van der Waals surface area contributed by atoms with Gasteiger partial charge >= 0.3 is 5.97 Å². The van der Waals surface area contributed by atoms with E-state index in [9.17, 15) is 14.4 Å². The Morgan fingerprint density at radius 1 is 1.41 bits per heavy atom. The molecular formula is C11H12N2O4. The van der Waals surface area contributed by atoms with E-state index in [1.54, 1.807) is 0 Å². The lowest BCUT2D eigenvalue weighted by Crippen LogP contribution is -2.41. The lowest BCUT2D eigenvalue weighted by atomic mass is 10.2. The number of aliphatic carboxylic acids is 1. The average Bonchev–Trinajstić information content (AvgIpc) is 2.77. The molecule has 1 unspecified atom stereocenters. The zero-order valence-corrected chi connectivity index (χ0v) is 9.05. The maximum absolute atomic E-state index is 12.0. The summed E-state index contributed by atoms with van der Waals surface area (Å²) < 4.78 is 0. The topological polar surface area (TPSA) is 90.5 Å². The van der Waals surface area contributed by atoms with Crippen LogP contribution in [0.1, 0.15) is 23.3 Å². The van der Waals surface area contributed by atoms with Gasteiger partial charge < -0.3 is 15.0 Å². The summed E-state index contributed by atoms with van der Waals surface area (Å²) in [6.07, 6.45) is 1.12. The van der Waals surface area contributed by atoms with E-state index in [1.807, 2.05) is 0 Å². The molecule has 1 saturated heterocycles. The van der Waals surface area contributed by atoms with Crippen LogP contribution in [-0.4, -0.2) is 39.5 Å². The van der Waals surface area contributed by atoms with Crippen molar-refractivity contribution >= 4 is 11.9 Å². The van der Waals surface area contributed by atoms with E-state index in [0.717, 1.165) is 0 Å². The van der Waals surface area contributed by atoms with Gasteiger partial charge in [0.25, 0.3) is 5.91 Å². The lowest BCUT2D eigenvalue weighted by molar-refractivity contribution is -0.141. The molecule has 1 aliphatic rings. The fourth-order valence-corrected chi connectivity index (χ4v) is 1.99. The number of amides is 1. The standard InChI is InChI=1S/C11H12N2O4/c14-9-5-1-3-7(12-9)10(15)13-6-2-4-8(13)11(16)17/h1,3,5,8H,2,4,6H2,(H,12,14)(H,16,17). The molecule has 2 rings (SSSR count). The number of carboxylic acids is 1. The minimum atomic E-state index is -1.01. The molecule has 2 N–H and O–H groups in total. The number of H-pyrrole nitrogens is 1. The first kappa shape index (κ1) is 11.4. The quantitative estimate of drug-likeness (QED) is 0.759. The van der Waals surface area contributed by atoms with Gasteiger partial charge in [0.1, 0.15) is 11.7 Å². The van der Waals surface area contributed by atoms with Crippen molar-refractivity contribution in [3.05, 3.63) is 34.2 Å². The van der Waals surface area contributed by atoms with Crippen molar-refractivity contribution < 1.29 is 14.7 Å². The Bertz CT molecular complexity index is 508. The number of hydrogen-bond donors (Lipinski definition) is 2. The van der Waals surface area contributed by atoms with E-state index in [-0.39, 0.29) is 11.3 Å². The molecule has 17 heavy (non-hydrogen) atoms. The van der Waals surface area contributed by atoms with Crippen molar-refractivity contribution in [2.45, 2.75) is 18.9 Å². The van der Waals surface area contributed by atoms with E-state index < -0.39 is 17.9 Å². The maximum atomic E-state index is 12.0. The summed E-state index contributed by atoms with van der Waals surface area (Å²) in [7, 11) is 0. The number of carbonyl (C=O) groups excluding carboxylic acids is 1. The van der Waals surface area contributed by atoms with Crippen LogP contribution >= 0.6 is 0 Å². The van der Waals surface area contributed by atoms with Gasteiger partial charge in [-0.25, -0.2) is 4.79 Å². The molecular weight excluding hydrogens is 224 g/mol. The molecule has 2 heterocycles. The number of carboxylic acid groups (broad SMARTS) is 1. The van der Waals surface area contributed by atoms with Gasteiger partial charge in [-0.3, -0.25) is 9.59 Å². The molecule has 0 spiro atoms. The highest BCUT2D eigenvalue weighted by Crippen LogP contribution is 2.19. The first-order valence-corrected chi connectivity index (χ1v) is 5.32. The van der Waals surface area contributed by atoms with Gasteiger partial charge in [0.15, 0.2) is 0 Å². The average molecular weight is 236 g/mol. The van der Waals surface area contributed by atoms with Gasteiger partial charge in [0.2, 0.25) is 5.56 Å². The zero-order valence-electron chi connectivity index (χ0n) is 9.05. The van der Waals surface area contributed by atoms with E-state index in [4.69, 9.17) is 5.11 Å². The largest absolute Gasteiger partial charge is 0.480 e. The van der Waals surface area contributed by atoms with Crippen molar-refractivity contribution in [2.24, 2.45) is 0 Å². The van der Waals surface area contributed by atoms with Crippen molar-refractivity contribution in [1.82, 2.24) is 9.88 Å². The summed E-state index contributed by atoms with van der Waals surface area (Å²) in [6.45, 7) is 0.409. The Kier molecular flexibility index (Phi) is 2.95. The number of likely N-dealkylation sites (tertiary alicyclic amines) is 1. The minimum absolute atomic E-state index is 0.130. The van der Waals surface area contributed by atoms with E-state index in [2.05, 4.69) is 4.98 Å². The number of nitrogens with zero attached hydrogens (tertiary/aromatic N) is 1. The molecule has 0 aromatic carbocycles.